The third-order valence-electron chi connectivity index (χ3n) is 5.66. The van der Waals surface area contributed by atoms with Gasteiger partial charge in [0.05, 0.1) is 25.9 Å². The highest BCUT2D eigenvalue weighted by Gasteiger charge is 2.39. The van der Waals surface area contributed by atoms with E-state index in [1.807, 2.05) is 11.8 Å². The van der Waals surface area contributed by atoms with E-state index >= 15 is 0 Å². The molecule has 3 heterocycles. The summed E-state index contributed by atoms with van der Waals surface area (Å²) in [4.78, 5) is 17.3. The van der Waals surface area contributed by atoms with Crippen molar-refractivity contribution in [3.63, 3.8) is 0 Å². The average Bonchev–Trinajstić information content (AvgIpc) is 3.29. The van der Waals surface area contributed by atoms with Crippen molar-refractivity contribution in [2.24, 2.45) is 5.92 Å². The summed E-state index contributed by atoms with van der Waals surface area (Å²) in [6.45, 7) is 10.7. The monoisotopic (exact) mass is 340 g/mol. The predicted molar refractivity (Wildman–Crippen MR) is 90.9 cm³/mol. The lowest BCUT2D eigenvalue weighted by Gasteiger charge is -2.34. The third-order valence-corrected chi connectivity index (χ3v) is 5.66. The zero-order chi connectivity index (χ0) is 16.9. The molecule has 0 saturated carbocycles. The Bertz CT molecular complexity index is 408. The Morgan fingerprint density at radius 2 is 2.04 bits per heavy atom. The molecule has 6 heteroatoms. The molecule has 0 N–H and O–H groups in total. The third kappa shape index (κ3) is 4.28. The van der Waals surface area contributed by atoms with E-state index in [2.05, 4.69) is 11.8 Å². The molecule has 3 aliphatic rings. The number of morpholine rings is 1. The van der Waals surface area contributed by atoms with Crippen LogP contribution in [0.25, 0.3) is 0 Å². The first-order valence-electron chi connectivity index (χ1n) is 9.52. The SMILES string of the molecule is CC[C@@H]1CN(C(=O)[C@H](C)OC[C@H]2CCCO2)C[C@H]1N1CCOCC1. The van der Waals surface area contributed by atoms with Crippen LogP contribution in [0.3, 0.4) is 0 Å². The van der Waals surface area contributed by atoms with Crippen LogP contribution in [0.1, 0.15) is 33.1 Å². The van der Waals surface area contributed by atoms with Crippen molar-refractivity contribution in [3.8, 4) is 0 Å². The molecule has 3 rings (SSSR count). The van der Waals surface area contributed by atoms with Crippen LogP contribution in [0.15, 0.2) is 0 Å². The molecular weight excluding hydrogens is 308 g/mol. The van der Waals surface area contributed by atoms with Gasteiger partial charge in [0.2, 0.25) is 0 Å². The molecule has 0 spiro atoms. The number of ether oxygens (including phenoxy) is 3. The number of rotatable bonds is 6. The minimum Gasteiger partial charge on any atom is -0.379 e. The molecule has 3 aliphatic heterocycles. The summed E-state index contributed by atoms with van der Waals surface area (Å²) in [5.74, 6) is 0.680. The van der Waals surface area contributed by atoms with Gasteiger partial charge in [-0.3, -0.25) is 9.69 Å². The van der Waals surface area contributed by atoms with Crippen molar-refractivity contribution in [1.82, 2.24) is 9.80 Å². The minimum absolute atomic E-state index is 0.127. The predicted octanol–water partition coefficient (Wildman–Crippen LogP) is 1.14. The van der Waals surface area contributed by atoms with Crippen LogP contribution in [-0.2, 0) is 19.0 Å². The summed E-state index contributed by atoms with van der Waals surface area (Å²) in [5, 5.41) is 0. The molecule has 6 nitrogen and oxygen atoms in total. The van der Waals surface area contributed by atoms with Crippen molar-refractivity contribution in [2.45, 2.75) is 51.4 Å². The number of likely N-dealkylation sites (tertiary alicyclic amines) is 1. The van der Waals surface area contributed by atoms with Crippen molar-refractivity contribution >= 4 is 5.91 Å². The fraction of sp³-hybridized carbons (Fsp3) is 0.944. The normalized spacial score (nSPS) is 33.1. The fourth-order valence-electron chi connectivity index (χ4n) is 4.11. The van der Waals surface area contributed by atoms with Crippen LogP contribution < -0.4 is 0 Å². The van der Waals surface area contributed by atoms with E-state index in [0.29, 0.717) is 18.6 Å². The lowest BCUT2D eigenvalue weighted by atomic mass is 9.99. The Hall–Kier alpha value is -0.690. The largest absolute Gasteiger partial charge is 0.379 e. The minimum atomic E-state index is -0.379. The quantitative estimate of drug-likeness (QED) is 0.726. The molecule has 0 aromatic carbocycles. The molecule has 1 amide bonds. The number of carbonyl (C=O) groups is 1. The lowest BCUT2D eigenvalue weighted by Crippen LogP contribution is -2.47. The Morgan fingerprint density at radius 1 is 1.25 bits per heavy atom. The van der Waals surface area contributed by atoms with Gasteiger partial charge in [0, 0.05) is 38.8 Å². The summed E-state index contributed by atoms with van der Waals surface area (Å²) in [6.07, 6.45) is 3.04. The van der Waals surface area contributed by atoms with Crippen LogP contribution in [0.2, 0.25) is 0 Å². The molecule has 0 radical (unpaired) electrons. The van der Waals surface area contributed by atoms with Crippen LogP contribution in [-0.4, -0.2) is 86.6 Å². The van der Waals surface area contributed by atoms with Crippen molar-refractivity contribution < 1.29 is 19.0 Å². The topological polar surface area (TPSA) is 51.2 Å². The van der Waals surface area contributed by atoms with Gasteiger partial charge in [-0.2, -0.15) is 0 Å². The van der Waals surface area contributed by atoms with E-state index in [-0.39, 0.29) is 18.1 Å². The molecule has 138 valence electrons. The van der Waals surface area contributed by atoms with Gasteiger partial charge in [0.15, 0.2) is 0 Å². The average molecular weight is 340 g/mol. The lowest BCUT2D eigenvalue weighted by molar-refractivity contribution is -0.143. The van der Waals surface area contributed by atoms with E-state index in [4.69, 9.17) is 14.2 Å². The van der Waals surface area contributed by atoms with Crippen LogP contribution in [0, 0.1) is 5.92 Å². The first kappa shape index (κ1) is 18.1. The first-order valence-corrected chi connectivity index (χ1v) is 9.52. The van der Waals surface area contributed by atoms with Gasteiger partial charge in [-0.05, 0) is 25.7 Å². The van der Waals surface area contributed by atoms with Crippen molar-refractivity contribution in [1.29, 1.82) is 0 Å². The highest BCUT2D eigenvalue weighted by atomic mass is 16.5. The zero-order valence-corrected chi connectivity index (χ0v) is 15.1. The van der Waals surface area contributed by atoms with Crippen molar-refractivity contribution in [2.75, 3.05) is 52.6 Å². The molecule has 0 unspecified atom stereocenters. The maximum absolute atomic E-state index is 12.8. The van der Waals surface area contributed by atoms with Gasteiger partial charge in [-0.1, -0.05) is 13.3 Å². The maximum Gasteiger partial charge on any atom is 0.251 e. The van der Waals surface area contributed by atoms with E-state index in [1.54, 1.807) is 0 Å². The van der Waals surface area contributed by atoms with E-state index in [0.717, 1.165) is 65.3 Å². The highest BCUT2D eigenvalue weighted by Crippen LogP contribution is 2.26. The summed E-state index contributed by atoms with van der Waals surface area (Å²) < 4.78 is 16.8. The van der Waals surface area contributed by atoms with Gasteiger partial charge >= 0.3 is 0 Å². The second-order valence-corrected chi connectivity index (χ2v) is 7.24. The summed E-state index contributed by atoms with van der Waals surface area (Å²) in [7, 11) is 0. The second-order valence-electron chi connectivity index (χ2n) is 7.24. The highest BCUT2D eigenvalue weighted by molar-refractivity contribution is 5.81. The number of carbonyl (C=O) groups excluding carboxylic acids is 1. The second kappa shape index (κ2) is 8.61. The van der Waals surface area contributed by atoms with Crippen LogP contribution in [0.5, 0.6) is 0 Å². The van der Waals surface area contributed by atoms with Gasteiger partial charge in [-0.25, -0.2) is 0 Å². The van der Waals surface area contributed by atoms with E-state index in [1.165, 1.54) is 0 Å². The number of hydrogen-bond acceptors (Lipinski definition) is 5. The Labute approximate surface area is 145 Å². The first-order chi connectivity index (χ1) is 11.7. The fourth-order valence-corrected chi connectivity index (χ4v) is 4.11. The van der Waals surface area contributed by atoms with E-state index in [9.17, 15) is 4.79 Å². The molecule has 3 saturated heterocycles. The number of hydrogen-bond donors (Lipinski definition) is 0. The van der Waals surface area contributed by atoms with Gasteiger partial charge in [0.1, 0.15) is 6.10 Å². The number of amides is 1. The molecule has 4 atom stereocenters. The summed E-state index contributed by atoms with van der Waals surface area (Å²) in [6, 6.07) is 0.466. The molecule has 0 aromatic rings. The zero-order valence-electron chi connectivity index (χ0n) is 15.1. The Kier molecular flexibility index (Phi) is 6.49. The molecule has 3 fully saturated rings. The van der Waals surface area contributed by atoms with Gasteiger partial charge in [0.25, 0.3) is 5.91 Å². The Balaban J connectivity index is 1.50. The summed E-state index contributed by atoms with van der Waals surface area (Å²) in [5.41, 5.74) is 0. The smallest absolute Gasteiger partial charge is 0.251 e. The van der Waals surface area contributed by atoms with Crippen molar-refractivity contribution in [3.05, 3.63) is 0 Å². The molecule has 0 aliphatic carbocycles. The van der Waals surface area contributed by atoms with E-state index < -0.39 is 0 Å². The standard InChI is InChI=1S/C18H32N2O4/c1-3-15-11-20(12-17(15)19-6-9-22-10-7-19)18(21)14(2)24-13-16-5-4-8-23-16/h14-17H,3-13H2,1-2H3/t14-,15+,16+,17+/m0/s1. The molecule has 24 heavy (non-hydrogen) atoms. The molecule has 0 aromatic heterocycles. The molecule has 0 bridgehead atoms. The van der Waals surface area contributed by atoms with Gasteiger partial charge in [-0.15, -0.1) is 0 Å². The maximum atomic E-state index is 12.8. The van der Waals surface area contributed by atoms with Crippen LogP contribution in [0.4, 0.5) is 0 Å². The van der Waals surface area contributed by atoms with Crippen LogP contribution >= 0.6 is 0 Å². The van der Waals surface area contributed by atoms with Gasteiger partial charge < -0.3 is 19.1 Å². The summed E-state index contributed by atoms with van der Waals surface area (Å²) >= 11 is 0. The number of nitrogens with zero attached hydrogens (tertiary/aromatic N) is 2. The molecular formula is C18H32N2O4. The Morgan fingerprint density at radius 3 is 2.71 bits per heavy atom.